The van der Waals surface area contributed by atoms with Gasteiger partial charge in [-0.1, -0.05) is 24.8 Å². The number of aliphatic hydroxyl groups is 1. The van der Waals surface area contributed by atoms with Crippen LogP contribution in [0.2, 0.25) is 0 Å². The van der Waals surface area contributed by atoms with Gasteiger partial charge in [0.05, 0.1) is 17.9 Å². The predicted octanol–water partition coefficient (Wildman–Crippen LogP) is 2.45. The first-order valence-corrected chi connectivity index (χ1v) is 7.34. The Labute approximate surface area is 129 Å². The van der Waals surface area contributed by atoms with E-state index in [0.29, 0.717) is 24.8 Å². The quantitative estimate of drug-likeness (QED) is 0.668. The third-order valence-electron chi connectivity index (χ3n) is 3.80. The molecule has 1 aliphatic rings. The SMILES string of the molecule is C=COC(=O)CC1CCC(OC(=O)c2ccccc2)C(O)C1. The number of aliphatic hydroxyl groups excluding tert-OH is 1. The van der Waals surface area contributed by atoms with E-state index in [1.54, 1.807) is 24.3 Å². The van der Waals surface area contributed by atoms with E-state index in [1.165, 1.54) is 0 Å². The van der Waals surface area contributed by atoms with Crippen molar-refractivity contribution in [3.05, 3.63) is 48.7 Å². The monoisotopic (exact) mass is 304 g/mol. The fourth-order valence-corrected chi connectivity index (χ4v) is 2.68. The van der Waals surface area contributed by atoms with E-state index in [2.05, 4.69) is 11.3 Å². The molecule has 0 bridgehead atoms. The topological polar surface area (TPSA) is 72.8 Å². The van der Waals surface area contributed by atoms with Crippen LogP contribution in [0.25, 0.3) is 0 Å². The summed E-state index contributed by atoms with van der Waals surface area (Å²) in [4.78, 5) is 23.4. The molecule has 5 nitrogen and oxygen atoms in total. The average Bonchev–Trinajstić information content (AvgIpc) is 2.51. The molecule has 0 amide bonds. The maximum atomic E-state index is 12.0. The van der Waals surface area contributed by atoms with Gasteiger partial charge in [0, 0.05) is 6.42 Å². The Balaban J connectivity index is 1.84. The van der Waals surface area contributed by atoms with Crippen LogP contribution in [0.1, 0.15) is 36.0 Å². The highest BCUT2D eigenvalue weighted by Crippen LogP contribution is 2.29. The Kier molecular flexibility index (Phi) is 5.72. The standard InChI is InChI=1S/C17H20O5/c1-2-21-16(19)11-12-8-9-15(14(18)10-12)22-17(20)13-6-4-3-5-7-13/h2-7,12,14-15,18H,1,8-11H2. The Hall–Kier alpha value is -2.14. The number of carbonyl (C=O) groups excluding carboxylic acids is 2. The molecule has 22 heavy (non-hydrogen) atoms. The highest BCUT2D eigenvalue weighted by Gasteiger charge is 2.33. The van der Waals surface area contributed by atoms with Gasteiger partial charge < -0.3 is 14.6 Å². The number of hydrogen-bond acceptors (Lipinski definition) is 5. The maximum Gasteiger partial charge on any atom is 0.338 e. The maximum absolute atomic E-state index is 12.0. The molecule has 118 valence electrons. The molecule has 3 atom stereocenters. The smallest absolute Gasteiger partial charge is 0.338 e. The van der Waals surface area contributed by atoms with Crippen molar-refractivity contribution in [3.63, 3.8) is 0 Å². The minimum atomic E-state index is -0.761. The van der Waals surface area contributed by atoms with E-state index >= 15 is 0 Å². The minimum absolute atomic E-state index is 0.0362. The highest BCUT2D eigenvalue weighted by molar-refractivity contribution is 5.89. The van der Waals surface area contributed by atoms with Crippen molar-refractivity contribution in [2.45, 2.75) is 37.9 Å². The van der Waals surface area contributed by atoms with Crippen LogP contribution in [0.4, 0.5) is 0 Å². The van der Waals surface area contributed by atoms with Gasteiger partial charge in [-0.15, -0.1) is 0 Å². The number of benzene rings is 1. The van der Waals surface area contributed by atoms with E-state index in [9.17, 15) is 14.7 Å². The molecule has 1 saturated carbocycles. The molecule has 1 aromatic carbocycles. The number of rotatable bonds is 5. The molecule has 0 heterocycles. The second-order valence-electron chi connectivity index (χ2n) is 5.42. The molecule has 3 unspecified atom stereocenters. The normalized spacial score (nSPS) is 24.3. The second-order valence-corrected chi connectivity index (χ2v) is 5.42. The van der Waals surface area contributed by atoms with Gasteiger partial charge in [0.2, 0.25) is 0 Å². The summed E-state index contributed by atoms with van der Waals surface area (Å²) >= 11 is 0. The Morgan fingerprint density at radius 3 is 2.64 bits per heavy atom. The number of esters is 2. The van der Waals surface area contributed by atoms with Gasteiger partial charge in [-0.05, 0) is 37.3 Å². The Morgan fingerprint density at radius 1 is 1.27 bits per heavy atom. The number of hydrogen-bond donors (Lipinski definition) is 1. The zero-order valence-corrected chi connectivity index (χ0v) is 12.3. The van der Waals surface area contributed by atoms with Crippen LogP contribution in [0.15, 0.2) is 43.2 Å². The summed E-state index contributed by atoms with van der Waals surface area (Å²) in [6, 6.07) is 8.68. The average molecular weight is 304 g/mol. The Bertz CT molecular complexity index is 525. The molecule has 1 aliphatic carbocycles. The summed E-state index contributed by atoms with van der Waals surface area (Å²) in [6.07, 6.45) is 1.71. The van der Waals surface area contributed by atoms with E-state index in [-0.39, 0.29) is 18.3 Å². The molecule has 2 rings (SSSR count). The summed E-state index contributed by atoms with van der Waals surface area (Å²) < 4.78 is 10.1. The lowest BCUT2D eigenvalue weighted by Gasteiger charge is -2.32. The minimum Gasteiger partial charge on any atom is -0.456 e. The highest BCUT2D eigenvalue weighted by atomic mass is 16.6. The van der Waals surface area contributed by atoms with Crippen LogP contribution in [-0.2, 0) is 14.3 Å². The van der Waals surface area contributed by atoms with Gasteiger partial charge in [0.15, 0.2) is 0 Å². The molecule has 5 heteroatoms. The Morgan fingerprint density at radius 2 is 2.00 bits per heavy atom. The van der Waals surface area contributed by atoms with Crippen molar-refractivity contribution in [2.75, 3.05) is 0 Å². The van der Waals surface area contributed by atoms with Crippen LogP contribution in [-0.4, -0.2) is 29.3 Å². The molecular weight excluding hydrogens is 284 g/mol. The van der Waals surface area contributed by atoms with Crippen molar-refractivity contribution >= 4 is 11.9 Å². The van der Waals surface area contributed by atoms with Gasteiger partial charge in [-0.2, -0.15) is 0 Å². The molecule has 0 aliphatic heterocycles. The van der Waals surface area contributed by atoms with Gasteiger partial charge in [0.1, 0.15) is 6.10 Å². The van der Waals surface area contributed by atoms with Crippen LogP contribution >= 0.6 is 0 Å². The van der Waals surface area contributed by atoms with E-state index < -0.39 is 18.2 Å². The molecule has 0 spiro atoms. The molecule has 0 aromatic heterocycles. The number of carbonyl (C=O) groups is 2. The lowest BCUT2D eigenvalue weighted by atomic mass is 9.83. The lowest BCUT2D eigenvalue weighted by molar-refractivity contribution is -0.140. The third kappa shape index (κ3) is 4.43. The first kappa shape index (κ1) is 16.2. The predicted molar refractivity (Wildman–Crippen MR) is 79.9 cm³/mol. The lowest BCUT2D eigenvalue weighted by Crippen LogP contribution is -2.38. The fourth-order valence-electron chi connectivity index (χ4n) is 2.68. The van der Waals surface area contributed by atoms with Crippen molar-refractivity contribution in [1.29, 1.82) is 0 Å². The van der Waals surface area contributed by atoms with Gasteiger partial charge in [-0.25, -0.2) is 4.79 Å². The van der Waals surface area contributed by atoms with Gasteiger partial charge >= 0.3 is 11.9 Å². The molecular formula is C17H20O5. The van der Waals surface area contributed by atoms with Crippen LogP contribution in [0, 0.1) is 5.92 Å². The van der Waals surface area contributed by atoms with Crippen LogP contribution < -0.4 is 0 Å². The van der Waals surface area contributed by atoms with Crippen LogP contribution in [0.3, 0.4) is 0 Å². The summed E-state index contributed by atoms with van der Waals surface area (Å²) in [5.41, 5.74) is 0.464. The largest absolute Gasteiger partial charge is 0.456 e. The summed E-state index contributed by atoms with van der Waals surface area (Å²) in [5, 5.41) is 10.1. The molecule has 1 N–H and O–H groups in total. The van der Waals surface area contributed by atoms with Crippen molar-refractivity contribution < 1.29 is 24.2 Å². The summed E-state index contributed by atoms with van der Waals surface area (Å²) in [6.45, 7) is 3.33. The van der Waals surface area contributed by atoms with Crippen LogP contribution in [0.5, 0.6) is 0 Å². The van der Waals surface area contributed by atoms with E-state index in [0.717, 1.165) is 6.26 Å². The zero-order chi connectivity index (χ0) is 15.9. The van der Waals surface area contributed by atoms with Gasteiger partial charge in [-0.3, -0.25) is 4.79 Å². The summed E-state index contributed by atoms with van der Waals surface area (Å²) in [5.74, 6) is -0.754. The van der Waals surface area contributed by atoms with Crippen molar-refractivity contribution in [1.82, 2.24) is 0 Å². The van der Waals surface area contributed by atoms with Crippen molar-refractivity contribution in [3.8, 4) is 0 Å². The van der Waals surface area contributed by atoms with E-state index in [1.807, 2.05) is 6.07 Å². The fraction of sp³-hybridized carbons (Fsp3) is 0.412. The van der Waals surface area contributed by atoms with Crippen molar-refractivity contribution in [2.24, 2.45) is 5.92 Å². The molecule has 0 radical (unpaired) electrons. The van der Waals surface area contributed by atoms with Gasteiger partial charge in [0.25, 0.3) is 0 Å². The second kappa shape index (κ2) is 7.75. The molecule has 1 aromatic rings. The van der Waals surface area contributed by atoms with E-state index in [4.69, 9.17) is 4.74 Å². The molecule has 1 fully saturated rings. The third-order valence-corrected chi connectivity index (χ3v) is 3.80. The number of ether oxygens (including phenoxy) is 2. The summed E-state index contributed by atoms with van der Waals surface area (Å²) in [7, 11) is 0. The first-order valence-electron chi connectivity index (χ1n) is 7.34. The molecule has 0 saturated heterocycles. The first-order chi connectivity index (χ1) is 10.6. The zero-order valence-electron chi connectivity index (χ0n) is 12.3.